The maximum atomic E-state index is 13.0. The number of urea groups is 1. The lowest BCUT2D eigenvalue weighted by atomic mass is 10.1. The molecule has 39 heavy (non-hydrogen) atoms. The molecule has 0 aliphatic rings. The van der Waals surface area contributed by atoms with Gasteiger partial charge in [0.05, 0.1) is 18.7 Å². The van der Waals surface area contributed by atoms with Gasteiger partial charge in [0.1, 0.15) is 19.0 Å². The number of rotatable bonds is 15. The lowest BCUT2D eigenvalue weighted by Crippen LogP contribution is -2.40. The number of nitrogens with zero attached hydrogens (tertiary/aromatic N) is 1. The summed E-state index contributed by atoms with van der Waals surface area (Å²) in [6, 6.07) is 9.78. The van der Waals surface area contributed by atoms with Crippen LogP contribution in [0.1, 0.15) is 25.0 Å². The zero-order valence-electron chi connectivity index (χ0n) is 21.5. The van der Waals surface area contributed by atoms with Crippen LogP contribution in [-0.4, -0.2) is 73.6 Å². The van der Waals surface area contributed by atoms with Crippen molar-refractivity contribution >= 4 is 17.7 Å². The molecular formula is C26H31F5N2O6. The summed E-state index contributed by atoms with van der Waals surface area (Å²) in [5.74, 6) is -3.68. The Kier molecular flexibility index (Phi) is 11.9. The Hall–Kier alpha value is -3.45. The molecule has 8 nitrogen and oxygen atoms in total. The van der Waals surface area contributed by atoms with E-state index in [0.717, 1.165) is 24.3 Å². The topological polar surface area (TPSA) is 97.3 Å². The molecule has 0 saturated carbocycles. The van der Waals surface area contributed by atoms with Crippen LogP contribution in [0.3, 0.4) is 0 Å². The van der Waals surface area contributed by atoms with Gasteiger partial charge in [-0.15, -0.1) is 0 Å². The van der Waals surface area contributed by atoms with Crippen LogP contribution in [0, 0.1) is 0 Å². The van der Waals surface area contributed by atoms with Crippen LogP contribution in [-0.2, 0) is 26.9 Å². The highest BCUT2D eigenvalue weighted by Crippen LogP contribution is 2.29. The Morgan fingerprint density at radius 1 is 0.974 bits per heavy atom. The van der Waals surface area contributed by atoms with Gasteiger partial charge in [0.15, 0.2) is 6.10 Å². The second kappa shape index (κ2) is 14.6. The largest absolute Gasteiger partial charge is 0.492 e. The van der Waals surface area contributed by atoms with Crippen LogP contribution in [0.4, 0.5) is 32.4 Å². The summed E-state index contributed by atoms with van der Waals surface area (Å²) in [6.45, 7) is 1.53. The minimum Gasteiger partial charge on any atom is -0.492 e. The number of carboxylic acids is 1. The van der Waals surface area contributed by atoms with Gasteiger partial charge in [-0.2, -0.15) is 13.2 Å². The molecule has 0 saturated heterocycles. The molecule has 0 spiro atoms. The van der Waals surface area contributed by atoms with Gasteiger partial charge in [-0.05, 0) is 48.9 Å². The molecule has 0 heterocycles. The summed E-state index contributed by atoms with van der Waals surface area (Å²) in [4.78, 5) is 25.2. The number of anilines is 1. The van der Waals surface area contributed by atoms with Crippen LogP contribution in [0.25, 0.3) is 0 Å². The molecule has 1 atom stereocenters. The van der Waals surface area contributed by atoms with E-state index in [0.29, 0.717) is 18.2 Å². The predicted octanol–water partition coefficient (Wildman–Crippen LogP) is 5.32. The fourth-order valence-corrected chi connectivity index (χ4v) is 3.31. The van der Waals surface area contributed by atoms with Gasteiger partial charge < -0.3 is 29.5 Å². The van der Waals surface area contributed by atoms with E-state index in [1.165, 1.54) is 4.90 Å². The normalized spacial score (nSPS) is 12.6. The highest BCUT2D eigenvalue weighted by molar-refractivity contribution is 5.89. The fraction of sp³-hybridized carbons (Fsp3) is 0.462. The second-order valence-corrected chi connectivity index (χ2v) is 8.59. The molecular weight excluding hydrogens is 531 g/mol. The number of halogens is 5. The molecule has 2 aromatic carbocycles. The van der Waals surface area contributed by atoms with Crippen molar-refractivity contribution in [1.82, 2.24) is 4.90 Å². The number of carbonyl (C=O) groups is 2. The SMILES string of the molecule is CCOC(Cc1ccc(OCCN(CCOCC(C)(F)F)C(=O)Nc2ccc(C(F)(F)F)cc2)cc1)C(=O)O. The van der Waals surface area contributed by atoms with Gasteiger partial charge in [0, 0.05) is 32.2 Å². The first-order valence-corrected chi connectivity index (χ1v) is 12.0. The molecule has 0 bridgehead atoms. The Balaban J connectivity index is 1.97. The monoisotopic (exact) mass is 562 g/mol. The van der Waals surface area contributed by atoms with E-state index >= 15 is 0 Å². The van der Waals surface area contributed by atoms with Gasteiger partial charge in [-0.3, -0.25) is 0 Å². The minimum absolute atomic E-state index is 0.000409. The Morgan fingerprint density at radius 2 is 1.59 bits per heavy atom. The summed E-state index contributed by atoms with van der Waals surface area (Å²) >= 11 is 0. The predicted molar refractivity (Wildman–Crippen MR) is 132 cm³/mol. The van der Waals surface area contributed by atoms with Crippen LogP contribution in [0.15, 0.2) is 48.5 Å². The van der Waals surface area contributed by atoms with Crippen molar-refractivity contribution in [3.63, 3.8) is 0 Å². The first-order valence-electron chi connectivity index (χ1n) is 12.0. The average Bonchev–Trinajstić information content (AvgIpc) is 2.85. The van der Waals surface area contributed by atoms with E-state index in [4.69, 9.17) is 14.2 Å². The number of amides is 2. The summed E-state index contributed by atoms with van der Waals surface area (Å²) in [7, 11) is 0. The quantitative estimate of drug-likeness (QED) is 0.225. The summed E-state index contributed by atoms with van der Waals surface area (Å²) < 4.78 is 80.2. The molecule has 0 aliphatic heterocycles. The van der Waals surface area contributed by atoms with Crippen LogP contribution in [0.2, 0.25) is 0 Å². The molecule has 0 aliphatic carbocycles. The number of hydrogen-bond acceptors (Lipinski definition) is 5. The molecule has 1 unspecified atom stereocenters. The van der Waals surface area contributed by atoms with Crippen molar-refractivity contribution < 1.29 is 50.9 Å². The third-order valence-electron chi connectivity index (χ3n) is 5.23. The van der Waals surface area contributed by atoms with E-state index in [1.54, 1.807) is 31.2 Å². The first kappa shape index (κ1) is 31.8. The van der Waals surface area contributed by atoms with E-state index in [2.05, 4.69) is 5.32 Å². The smallest absolute Gasteiger partial charge is 0.416 e. The Labute approximate surface area is 222 Å². The summed E-state index contributed by atoms with van der Waals surface area (Å²) in [6.07, 6.45) is -5.34. The highest BCUT2D eigenvalue weighted by Gasteiger charge is 2.30. The zero-order chi connectivity index (χ0) is 29.1. The number of nitrogens with one attached hydrogen (secondary N) is 1. The maximum Gasteiger partial charge on any atom is 0.416 e. The number of ether oxygens (including phenoxy) is 3. The van der Waals surface area contributed by atoms with E-state index in [9.17, 15) is 36.6 Å². The van der Waals surface area contributed by atoms with Crippen LogP contribution < -0.4 is 10.1 Å². The third-order valence-corrected chi connectivity index (χ3v) is 5.23. The third kappa shape index (κ3) is 11.9. The number of alkyl halides is 5. The number of aliphatic carboxylic acids is 1. The van der Waals surface area contributed by atoms with Gasteiger partial charge in [0.25, 0.3) is 5.92 Å². The van der Waals surface area contributed by atoms with Gasteiger partial charge in [-0.25, -0.2) is 18.4 Å². The van der Waals surface area contributed by atoms with Crippen molar-refractivity contribution in [2.24, 2.45) is 0 Å². The Bertz CT molecular complexity index is 1040. The standard InChI is InChI=1S/C26H31F5N2O6/c1-3-38-22(23(34)35)16-18-4-10-21(11-5-18)39-15-13-33(12-14-37-17-25(2,27)28)24(36)32-20-8-6-19(7-9-20)26(29,30)31/h4-11,22H,3,12-17H2,1-2H3,(H,32,36)(H,34,35). The molecule has 13 heteroatoms. The minimum atomic E-state index is -4.52. The van der Waals surface area contributed by atoms with E-state index in [1.807, 2.05) is 0 Å². The lowest BCUT2D eigenvalue weighted by molar-refractivity contribution is -0.150. The molecule has 0 aromatic heterocycles. The molecule has 2 rings (SSSR count). The average molecular weight is 563 g/mol. The zero-order valence-corrected chi connectivity index (χ0v) is 21.5. The van der Waals surface area contributed by atoms with Gasteiger partial charge in [0.2, 0.25) is 0 Å². The number of benzene rings is 2. The summed E-state index contributed by atoms with van der Waals surface area (Å²) in [5, 5.41) is 11.7. The van der Waals surface area contributed by atoms with Crippen molar-refractivity contribution in [1.29, 1.82) is 0 Å². The van der Waals surface area contributed by atoms with Crippen molar-refractivity contribution in [3.8, 4) is 5.75 Å². The number of carbonyl (C=O) groups excluding carboxylic acids is 1. The second-order valence-electron chi connectivity index (χ2n) is 8.59. The molecule has 0 fully saturated rings. The van der Waals surface area contributed by atoms with Crippen LogP contribution >= 0.6 is 0 Å². The molecule has 2 amide bonds. The maximum absolute atomic E-state index is 13.0. The molecule has 0 radical (unpaired) electrons. The lowest BCUT2D eigenvalue weighted by Gasteiger charge is -2.24. The van der Waals surface area contributed by atoms with Crippen molar-refractivity contribution in [2.75, 3.05) is 44.8 Å². The van der Waals surface area contributed by atoms with Gasteiger partial charge in [-0.1, -0.05) is 12.1 Å². The first-order chi connectivity index (χ1) is 18.3. The molecule has 2 aromatic rings. The molecule has 2 N–H and O–H groups in total. The Morgan fingerprint density at radius 3 is 2.13 bits per heavy atom. The van der Waals surface area contributed by atoms with Crippen molar-refractivity contribution in [3.05, 3.63) is 59.7 Å². The van der Waals surface area contributed by atoms with Gasteiger partial charge >= 0.3 is 18.2 Å². The summed E-state index contributed by atoms with van der Waals surface area (Å²) in [5.41, 5.74) is -0.0464. The van der Waals surface area contributed by atoms with Crippen molar-refractivity contribution in [2.45, 2.75) is 38.5 Å². The number of hydrogen-bond donors (Lipinski definition) is 2. The molecule has 216 valence electrons. The fourth-order valence-electron chi connectivity index (χ4n) is 3.31. The van der Waals surface area contributed by atoms with Crippen LogP contribution in [0.5, 0.6) is 5.75 Å². The highest BCUT2D eigenvalue weighted by atomic mass is 19.4. The van der Waals surface area contributed by atoms with E-state index in [-0.39, 0.29) is 45.0 Å². The van der Waals surface area contributed by atoms with E-state index < -0.39 is 42.4 Å². The number of carboxylic acid groups (broad SMARTS) is 1.